The zero-order valence-corrected chi connectivity index (χ0v) is 15.1. The maximum Gasteiger partial charge on any atom is 0.194 e. The molecular formula is C16H20FN3OS2. The van der Waals surface area contributed by atoms with Gasteiger partial charge in [0.05, 0.1) is 0 Å². The summed E-state index contributed by atoms with van der Waals surface area (Å²) in [5.41, 5.74) is 2.49. The minimum atomic E-state index is -0.153. The first-order valence-corrected chi connectivity index (χ1v) is 8.98. The van der Waals surface area contributed by atoms with Crippen LogP contribution in [-0.4, -0.2) is 11.7 Å². The Morgan fingerprint density at radius 3 is 2.78 bits per heavy atom. The molecule has 0 atom stereocenters. The van der Waals surface area contributed by atoms with Crippen LogP contribution in [0.1, 0.15) is 37.7 Å². The van der Waals surface area contributed by atoms with E-state index < -0.39 is 0 Å². The van der Waals surface area contributed by atoms with Crippen molar-refractivity contribution in [2.75, 3.05) is 10.3 Å². The Balaban J connectivity index is 1.78. The summed E-state index contributed by atoms with van der Waals surface area (Å²) < 4.78 is 20.2. The molecule has 0 unspecified atom stereocenters. The Labute approximate surface area is 144 Å². The highest BCUT2D eigenvalue weighted by molar-refractivity contribution is 8.16. The van der Waals surface area contributed by atoms with Crippen LogP contribution in [0.4, 0.5) is 9.70 Å². The van der Waals surface area contributed by atoms with Crippen molar-refractivity contribution < 1.29 is 8.41 Å². The van der Waals surface area contributed by atoms with Gasteiger partial charge in [0, 0.05) is 34.9 Å². The number of halogens is 1. The molecule has 0 radical (unpaired) electrons. The van der Waals surface area contributed by atoms with E-state index in [2.05, 4.69) is 22.6 Å². The molecule has 0 fully saturated rings. The lowest BCUT2D eigenvalue weighted by atomic mass is 9.93. The lowest BCUT2D eigenvalue weighted by molar-refractivity contribution is 0.330. The third-order valence-corrected chi connectivity index (χ3v) is 5.26. The van der Waals surface area contributed by atoms with Gasteiger partial charge in [0.2, 0.25) is 0 Å². The molecule has 2 heterocycles. The lowest BCUT2D eigenvalue weighted by Crippen LogP contribution is -2.23. The predicted molar refractivity (Wildman–Crippen MR) is 94.1 cm³/mol. The molecule has 0 saturated carbocycles. The summed E-state index contributed by atoms with van der Waals surface area (Å²) in [5, 5.41) is 7.35. The fourth-order valence-corrected chi connectivity index (χ4v) is 3.63. The Hall–Kier alpha value is -1.18. The van der Waals surface area contributed by atoms with E-state index in [-0.39, 0.29) is 17.7 Å². The highest BCUT2D eigenvalue weighted by Gasteiger charge is 2.23. The first-order chi connectivity index (χ1) is 11.0. The molecule has 3 rings (SSSR count). The van der Waals surface area contributed by atoms with Gasteiger partial charge in [-0.3, -0.25) is 0 Å². The highest BCUT2D eigenvalue weighted by Crippen LogP contribution is 2.37. The quantitative estimate of drug-likeness (QED) is 0.806. The summed E-state index contributed by atoms with van der Waals surface area (Å²) in [6.45, 7) is 7.99. The SMILES string of the molecule is CC(C)(C)c1cc(N(SF)Sc2ccc3c(c2)CNCC3)no1. The van der Waals surface area contributed by atoms with Gasteiger partial charge < -0.3 is 9.84 Å². The van der Waals surface area contributed by atoms with Crippen molar-refractivity contribution in [1.29, 1.82) is 0 Å². The van der Waals surface area contributed by atoms with Gasteiger partial charge in [0.25, 0.3) is 0 Å². The third-order valence-electron chi connectivity index (χ3n) is 3.74. The molecule has 1 aliphatic heterocycles. The molecule has 4 nitrogen and oxygen atoms in total. The van der Waals surface area contributed by atoms with Crippen LogP contribution >= 0.6 is 24.3 Å². The summed E-state index contributed by atoms with van der Waals surface area (Å²) in [6, 6.07) is 8.06. The molecule has 1 aromatic heterocycles. The molecule has 0 aliphatic carbocycles. The number of hydrogen-bond donors (Lipinski definition) is 1. The number of rotatable bonds is 4. The third kappa shape index (κ3) is 3.84. The van der Waals surface area contributed by atoms with E-state index in [0.29, 0.717) is 5.82 Å². The van der Waals surface area contributed by atoms with E-state index in [0.717, 1.165) is 30.2 Å². The molecule has 2 aromatic rings. The molecule has 1 N–H and O–H groups in total. The molecule has 7 heteroatoms. The highest BCUT2D eigenvalue weighted by atomic mass is 32.2. The largest absolute Gasteiger partial charge is 0.359 e. The average molecular weight is 353 g/mol. The van der Waals surface area contributed by atoms with E-state index in [9.17, 15) is 3.89 Å². The number of fused-ring (bicyclic) bond motifs is 1. The molecule has 23 heavy (non-hydrogen) atoms. The second kappa shape index (κ2) is 6.75. The first-order valence-electron chi connectivity index (χ1n) is 7.54. The van der Waals surface area contributed by atoms with Gasteiger partial charge in [-0.25, -0.2) is 3.71 Å². The molecule has 1 aromatic carbocycles. The van der Waals surface area contributed by atoms with Crippen molar-refractivity contribution in [1.82, 2.24) is 10.5 Å². The monoisotopic (exact) mass is 353 g/mol. The van der Waals surface area contributed by atoms with Crippen LogP contribution in [-0.2, 0) is 18.4 Å². The topological polar surface area (TPSA) is 41.3 Å². The van der Waals surface area contributed by atoms with Crippen LogP contribution < -0.4 is 9.03 Å². The Morgan fingerprint density at radius 2 is 2.09 bits per heavy atom. The van der Waals surface area contributed by atoms with Gasteiger partial charge in [-0.15, -0.1) is 3.89 Å². The van der Waals surface area contributed by atoms with Crippen molar-refractivity contribution in [2.45, 2.75) is 44.0 Å². The van der Waals surface area contributed by atoms with Crippen molar-refractivity contribution >= 4 is 30.1 Å². The van der Waals surface area contributed by atoms with Gasteiger partial charge >= 0.3 is 0 Å². The van der Waals surface area contributed by atoms with Crippen molar-refractivity contribution in [2.24, 2.45) is 0 Å². The van der Waals surface area contributed by atoms with Gasteiger partial charge in [-0.2, -0.15) is 0 Å². The van der Waals surface area contributed by atoms with Crippen molar-refractivity contribution in [3.63, 3.8) is 0 Å². The average Bonchev–Trinajstić information content (AvgIpc) is 3.02. The van der Waals surface area contributed by atoms with Gasteiger partial charge in [0.1, 0.15) is 5.76 Å². The van der Waals surface area contributed by atoms with Gasteiger partial charge in [-0.1, -0.05) is 32.0 Å². The Bertz CT molecular complexity index is 684. The fourth-order valence-electron chi connectivity index (χ4n) is 2.41. The first kappa shape index (κ1) is 16.7. The second-order valence-corrected chi connectivity index (χ2v) is 8.33. The second-order valence-electron chi connectivity index (χ2n) is 6.57. The Kier molecular flexibility index (Phi) is 4.89. The van der Waals surface area contributed by atoms with Crippen LogP contribution in [0.2, 0.25) is 0 Å². The normalized spacial score (nSPS) is 14.6. The number of nitrogens with zero attached hydrogens (tertiary/aromatic N) is 2. The molecule has 0 amide bonds. The maximum atomic E-state index is 13.4. The molecule has 124 valence electrons. The van der Waals surface area contributed by atoms with Crippen LogP contribution in [0.3, 0.4) is 0 Å². The smallest absolute Gasteiger partial charge is 0.194 e. The number of anilines is 1. The number of nitrogens with one attached hydrogen (secondary N) is 1. The molecule has 0 saturated heterocycles. The van der Waals surface area contributed by atoms with Crippen LogP contribution in [0.25, 0.3) is 0 Å². The van der Waals surface area contributed by atoms with Gasteiger partial charge in [-0.05, 0) is 36.2 Å². The van der Waals surface area contributed by atoms with Crippen LogP contribution in [0.15, 0.2) is 33.7 Å². The van der Waals surface area contributed by atoms with Gasteiger partial charge in [0.15, 0.2) is 18.2 Å². The molecule has 1 aliphatic rings. The molecular weight excluding hydrogens is 333 g/mol. The van der Waals surface area contributed by atoms with E-state index in [1.165, 1.54) is 26.8 Å². The predicted octanol–water partition coefficient (Wildman–Crippen LogP) is 4.66. The zero-order chi connectivity index (χ0) is 16.4. The Morgan fingerprint density at radius 1 is 1.26 bits per heavy atom. The number of aromatic nitrogens is 1. The summed E-state index contributed by atoms with van der Waals surface area (Å²) in [4.78, 5) is 0.984. The standard InChI is InChI=1S/C16H20FN3OS2/c1-16(2,3)14-9-15(19-21-14)20(23-17)22-13-5-4-11-6-7-18-10-12(11)8-13/h4-5,8-9,18H,6-7,10H2,1-3H3. The van der Waals surface area contributed by atoms with Crippen LogP contribution in [0, 0.1) is 0 Å². The van der Waals surface area contributed by atoms with E-state index in [1.54, 1.807) is 6.07 Å². The van der Waals surface area contributed by atoms with Crippen molar-refractivity contribution in [3.8, 4) is 0 Å². The van der Waals surface area contributed by atoms with Crippen molar-refractivity contribution in [3.05, 3.63) is 41.2 Å². The minimum Gasteiger partial charge on any atom is -0.359 e. The summed E-state index contributed by atoms with van der Waals surface area (Å²) in [6.07, 6.45) is 1.04. The number of hydrogen-bond acceptors (Lipinski definition) is 6. The fraction of sp³-hybridized carbons (Fsp3) is 0.438. The zero-order valence-electron chi connectivity index (χ0n) is 13.4. The minimum absolute atomic E-state index is 0.137. The van der Waals surface area contributed by atoms with Crippen LogP contribution in [0.5, 0.6) is 0 Å². The summed E-state index contributed by atoms with van der Waals surface area (Å²) >= 11 is 1.45. The maximum absolute atomic E-state index is 13.4. The lowest BCUT2D eigenvalue weighted by Gasteiger charge is -2.19. The number of benzene rings is 1. The van der Waals surface area contributed by atoms with E-state index in [4.69, 9.17) is 4.52 Å². The molecule has 0 spiro atoms. The van der Waals surface area contributed by atoms with E-state index >= 15 is 0 Å². The summed E-state index contributed by atoms with van der Waals surface area (Å²) in [7, 11) is 0. The van der Waals surface area contributed by atoms with E-state index in [1.807, 2.05) is 26.8 Å². The molecule has 0 bridgehead atoms. The summed E-state index contributed by atoms with van der Waals surface area (Å²) in [5.74, 6) is 1.21.